The van der Waals surface area contributed by atoms with E-state index in [0.29, 0.717) is 11.5 Å². The summed E-state index contributed by atoms with van der Waals surface area (Å²) in [5.41, 5.74) is 0.441. The number of hydrogen-bond acceptors (Lipinski definition) is 3. The van der Waals surface area contributed by atoms with Crippen molar-refractivity contribution in [2.75, 3.05) is 39.2 Å². The van der Waals surface area contributed by atoms with E-state index in [2.05, 4.69) is 51.3 Å². The molecule has 0 amide bonds. The van der Waals surface area contributed by atoms with Crippen molar-refractivity contribution in [2.24, 2.45) is 5.41 Å². The lowest BCUT2D eigenvalue weighted by atomic mass is 9.81. The lowest BCUT2D eigenvalue weighted by Crippen LogP contribution is -2.45. The average Bonchev–Trinajstić information content (AvgIpc) is 2.28. The molecule has 3 heteroatoms. The topological polar surface area (TPSA) is 15.3 Å². The van der Waals surface area contributed by atoms with Crippen LogP contribution in [0.15, 0.2) is 0 Å². The van der Waals surface area contributed by atoms with Gasteiger partial charge in [-0.15, -0.1) is 0 Å². The number of hydrogen-bond donors (Lipinski definition) is 1. The van der Waals surface area contributed by atoms with Gasteiger partial charge >= 0.3 is 0 Å². The van der Waals surface area contributed by atoms with Crippen molar-refractivity contribution in [1.29, 1.82) is 0 Å². The van der Waals surface area contributed by atoms with Crippen LogP contribution in [-0.2, 0) is 0 Å². The highest BCUT2D eigenvalue weighted by atomic mass is 32.2. The fourth-order valence-electron chi connectivity index (χ4n) is 2.21. The highest BCUT2D eigenvalue weighted by molar-refractivity contribution is 7.98. The third-order valence-corrected chi connectivity index (χ3v) is 4.61. The van der Waals surface area contributed by atoms with E-state index in [-0.39, 0.29) is 0 Å². The highest BCUT2D eigenvalue weighted by Gasteiger charge is 2.28. The summed E-state index contributed by atoms with van der Waals surface area (Å²) < 4.78 is 0. The van der Waals surface area contributed by atoms with Crippen LogP contribution in [0.25, 0.3) is 0 Å². The molecular weight excluding hydrogens is 216 g/mol. The number of thioether (sulfide) groups is 1. The largest absolute Gasteiger partial charge is 0.319 e. The Balaban J connectivity index is 4.37. The summed E-state index contributed by atoms with van der Waals surface area (Å²) in [6, 6.07) is 0.671. The Bertz CT molecular complexity index is 169. The van der Waals surface area contributed by atoms with E-state index in [1.54, 1.807) is 0 Å². The van der Waals surface area contributed by atoms with Crippen LogP contribution in [0.5, 0.6) is 0 Å². The minimum atomic E-state index is 0.441. The maximum Gasteiger partial charge on any atom is 0.0155 e. The molecule has 0 radical (unpaired) electrons. The predicted molar refractivity (Wildman–Crippen MR) is 77.4 cm³/mol. The fraction of sp³-hybridized carbons (Fsp3) is 1.00. The van der Waals surface area contributed by atoms with Crippen molar-refractivity contribution in [3.8, 4) is 0 Å². The molecule has 0 rings (SSSR count). The summed E-state index contributed by atoms with van der Waals surface area (Å²) in [5.74, 6) is 1.22. The minimum absolute atomic E-state index is 0.441. The maximum atomic E-state index is 3.35. The molecule has 0 aromatic rings. The molecule has 1 unspecified atom stereocenters. The van der Waals surface area contributed by atoms with Crippen molar-refractivity contribution in [1.82, 2.24) is 10.2 Å². The second-order valence-electron chi connectivity index (χ2n) is 4.96. The van der Waals surface area contributed by atoms with Gasteiger partial charge in [-0.25, -0.2) is 0 Å². The van der Waals surface area contributed by atoms with Crippen molar-refractivity contribution < 1.29 is 0 Å². The fourth-order valence-corrected chi connectivity index (χ4v) is 2.94. The maximum absolute atomic E-state index is 3.35. The first-order chi connectivity index (χ1) is 7.55. The Hall–Kier alpha value is 0.270. The summed E-state index contributed by atoms with van der Waals surface area (Å²) in [6.45, 7) is 9.27. The van der Waals surface area contributed by atoms with Gasteiger partial charge in [0.05, 0.1) is 0 Å². The normalized spacial score (nSPS) is 14.4. The molecule has 16 heavy (non-hydrogen) atoms. The Labute approximate surface area is 107 Å². The Morgan fingerprint density at radius 1 is 1.31 bits per heavy atom. The second kappa shape index (κ2) is 8.37. The number of nitrogens with zero attached hydrogens (tertiary/aromatic N) is 1. The summed E-state index contributed by atoms with van der Waals surface area (Å²) >= 11 is 1.94. The molecule has 0 aromatic heterocycles. The molecule has 1 N–H and O–H groups in total. The smallest absolute Gasteiger partial charge is 0.0155 e. The molecule has 1 atom stereocenters. The van der Waals surface area contributed by atoms with Gasteiger partial charge in [-0.1, -0.05) is 13.8 Å². The van der Waals surface area contributed by atoms with Gasteiger partial charge in [0.1, 0.15) is 0 Å². The Morgan fingerprint density at radius 2 is 1.88 bits per heavy atom. The third-order valence-electron chi connectivity index (χ3n) is 3.80. The first-order valence-corrected chi connectivity index (χ1v) is 7.78. The van der Waals surface area contributed by atoms with Crippen LogP contribution in [0, 0.1) is 5.41 Å². The van der Waals surface area contributed by atoms with Crippen LogP contribution >= 0.6 is 11.8 Å². The van der Waals surface area contributed by atoms with Gasteiger partial charge in [-0.05, 0) is 45.5 Å². The lowest BCUT2D eigenvalue weighted by molar-refractivity contribution is 0.137. The van der Waals surface area contributed by atoms with Gasteiger partial charge in [0, 0.05) is 24.9 Å². The first kappa shape index (κ1) is 16.3. The van der Waals surface area contributed by atoms with Crippen molar-refractivity contribution in [2.45, 2.75) is 39.7 Å². The van der Waals surface area contributed by atoms with E-state index >= 15 is 0 Å². The van der Waals surface area contributed by atoms with E-state index in [1.165, 1.54) is 25.1 Å². The summed E-state index contributed by atoms with van der Waals surface area (Å²) in [7, 11) is 4.32. The summed E-state index contributed by atoms with van der Waals surface area (Å²) in [6.07, 6.45) is 4.69. The Kier molecular flexibility index (Phi) is 8.52. The molecule has 0 aliphatic carbocycles. The third kappa shape index (κ3) is 5.07. The van der Waals surface area contributed by atoms with E-state index < -0.39 is 0 Å². The van der Waals surface area contributed by atoms with Gasteiger partial charge in [-0.3, -0.25) is 0 Å². The molecule has 0 saturated heterocycles. The number of rotatable bonds is 9. The minimum Gasteiger partial charge on any atom is -0.319 e. The molecule has 0 aliphatic rings. The SMILES string of the molecule is CCC(CC)(CNC)CN(C)C(C)CSC. The van der Waals surface area contributed by atoms with E-state index in [4.69, 9.17) is 0 Å². The Morgan fingerprint density at radius 3 is 2.25 bits per heavy atom. The molecule has 0 aromatic carbocycles. The van der Waals surface area contributed by atoms with E-state index in [0.717, 1.165) is 6.54 Å². The molecule has 0 bridgehead atoms. The van der Waals surface area contributed by atoms with E-state index in [9.17, 15) is 0 Å². The van der Waals surface area contributed by atoms with Crippen LogP contribution < -0.4 is 5.32 Å². The predicted octanol–water partition coefficient (Wildman–Crippen LogP) is 2.70. The molecule has 2 nitrogen and oxygen atoms in total. The van der Waals surface area contributed by atoms with Crippen molar-refractivity contribution in [3.05, 3.63) is 0 Å². The zero-order valence-electron chi connectivity index (χ0n) is 12.0. The van der Waals surface area contributed by atoms with Crippen LogP contribution in [0.1, 0.15) is 33.6 Å². The summed E-state index contributed by atoms with van der Waals surface area (Å²) in [4.78, 5) is 2.51. The molecule has 0 fully saturated rings. The number of nitrogens with one attached hydrogen (secondary N) is 1. The molecule has 98 valence electrons. The van der Waals surface area contributed by atoms with Crippen LogP contribution in [0.4, 0.5) is 0 Å². The van der Waals surface area contributed by atoms with Gasteiger partial charge in [0.2, 0.25) is 0 Å². The average molecular weight is 246 g/mol. The van der Waals surface area contributed by atoms with Gasteiger partial charge in [-0.2, -0.15) is 11.8 Å². The molecule has 0 heterocycles. The first-order valence-electron chi connectivity index (χ1n) is 6.39. The molecule has 0 saturated carbocycles. The van der Waals surface area contributed by atoms with Crippen LogP contribution in [0.3, 0.4) is 0 Å². The van der Waals surface area contributed by atoms with Gasteiger partial charge in [0.15, 0.2) is 0 Å². The van der Waals surface area contributed by atoms with Gasteiger partial charge < -0.3 is 10.2 Å². The molecule has 0 aliphatic heterocycles. The second-order valence-corrected chi connectivity index (χ2v) is 5.87. The summed E-state index contributed by atoms with van der Waals surface area (Å²) in [5, 5.41) is 3.35. The molecular formula is C13H30N2S. The van der Waals surface area contributed by atoms with Gasteiger partial charge in [0.25, 0.3) is 0 Å². The van der Waals surface area contributed by atoms with Crippen LogP contribution in [0.2, 0.25) is 0 Å². The highest BCUT2D eigenvalue weighted by Crippen LogP contribution is 2.27. The lowest BCUT2D eigenvalue weighted by Gasteiger charge is -2.38. The van der Waals surface area contributed by atoms with Crippen molar-refractivity contribution in [3.63, 3.8) is 0 Å². The van der Waals surface area contributed by atoms with E-state index in [1.807, 2.05) is 11.8 Å². The van der Waals surface area contributed by atoms with Crippen molar-refractivity contribution >= 4 is 11.8 Å². The quantitative estimate of drug-likeness (QED) is 0.673. The van der Waals surface area contributed by atoms with Crippen LogP contribution in [-0.4, -0.2) is 50.1 Å². The zero-order chi connectivity index (χ0) is 12.6. The monoisotopic (exact) mass is 246 g/mol. The molecule has 0 spiro atoms. The zero-order valence-corrected chi connectivity index (χ0v) is 12.8. The standard InChI is InChI=1S/C13H30N2S/c1-7-13(8-2,10-14-4)11-15(5)12(3)9-16-6/h12,14H,7-11H2,1-6H3.